The maximum Gasteiger partial charge on any atom is 0.252 e. The van der Waals surface area contributed by atoms with E-state index in [4.69, 9.17) is 11.6 Å². The van der Waals surface area contributed by atoms with Crippen LogP contribution in [0.15, 0.2) is 66.9 Å². The lowest BCUT2D eigenvalue weighted by Gasteiger charge is -2.39. The van der Waals surface area contributed by atoms with Gasteiger partial charge in [-0.3, -0.25) is 24.2 Å². The largest absolute Gasteiger partial charge is 0.351 e. The zero-order chi connectivity index (χ0) is 29.3. The van der Waals surface area contributed by atoms with E-state index in [1.807, 2.05) is 19.1 Å². The number of carbonyl (C=O) groups excluding carboxylic acids is 3. The number of carbonyl (C=O) groups is 3. The summed E-state index contributed by atoms with van der Waals surface area (Å²) in [6, 6.07) is 15.3. The molecule has 0 bridgehead atoms. The third kappa shape index (κ3) is 5.77. The number of nitrogens with one attached hydrogen (secondary N) is 1. The lowest BCUT2D eigenvalue weighted by molar-refractivity contribution is -0.133. The molecular weight excluding hydrogens is 552 g/mol. The molecule has 3 amide bonds. The average molecular weight is 578 g/mol. The number of anilines is 2. The number of rotatable bonds is 7. The maximum atomic E-state index is 14.5. The van der Waals surface area contributed by atoms with Gasteiger partial charge >= 0.3 is 0 Å². The molecule has 1 saturated heterocycles. The number of nitriles is 1. The van der Waals surface area contributed by atoms with Crippen LogP contribution in [0.2, 0.25) is 5.02 Å². The highest BCUT2D eigenvalue weighted by Gasteiger charge is 2.48. The summed E-state index contributed by atoms with van der Waals surface area (Å²) in [7, 11) is 0. The molecule has 1 aliphatic carbocycles. The SMILES string of the molecule is Cc1cccc(N(C(=O)[C@@H]2CCC(=O)N2c2cc(C#N)ccn2)C(C(=O)NC2CC(F)(F)C2)c2ccccc2Cl)c1. The summed E-state index contributed by atoms with van der Waals surface area (Å²) < 4.78 is 27.2. The Bertz CT molecular complexity index is 1550. The summed E-state index contributed by atoms with van der Waals surface area (Å²) >= 11 is 6.56. The molecule has 1 aliphatic heterocycles. The monoisotopic (exact) mass is 577 g/mol. The summed E-state index contributed by atoms with van der Waals surface area (Å²) in [5.74, 6) is -4.33. The van der Waals surface area contributed by atoms with Crippen LogP contribution < -0.4 is 15.1 Å². The van der Waals surface area contributed by atoms with E-state index in [2.05, 4.69) is 10.3 Å². The van der Waals surface area contributed by atoms with Crippen LogP contribution >= 0.6 is 11.6 Å². The molecule has 41 heavy (non-hydrogen) atoms. The number of halogens is 3. The molecule has 2 aromatic carbocycles. The van der Waals surface area contributed by atoms with Gasteiger partial charge in [0.25, 0.3) is 11.8 Å². The fraction of sp³-hybridized carbons (Fsp3) is 0.300. The second-order valence-corrected chi connectivity index (χ2v) is 10.7. The van der Waals surface area contributed by atoms with Crippen molar-refractivity contribution in [3.05, 3.63) is 88.6 Å². The average Bonchev–Trinajstić information content (AvgIpc) is 3.32. The van der Waals surface area contributed by atoms with Gasteiger partial charge in [-0.05, 0) is 49.2 Å². The van der Waals surface area contributed by atoms with Gasteiger partial charge in [-0.15, -0.1) is 0 Å². The van der Waals surface area contributed by atoms with Crippen molar-refractivity contribution in [3.8, 4) is 6.07 Å². The quantitative estimate of drug-likeness (QED) is 0.420. The van der Waals surface area contributed by atoms with Gasteiger partial charge in [-0.1, -0.05) is 41.9 Å². The van der Waals surface area contributed by atoms with E-state index in [1.165, 1.54) is 28.1 Å². The van der Waals surface area contributed by atoms with Crippen molar-refractivity contribution in [2.24, 2.45) is 0 Å². The smallest absolute Gasteiger partial charge is 0.252 e. The minimum atomic E-state index is -2.86. The minimum absolute atomic E-state index is 0.0522. The fourth-order valence-corrected chi connectivity index (χ4v) is 5.54. The molecule has 3 aromatic rings. The van der Waals surface area contributed by atoms with Gasteiger partial charge < -0.3 is 5.32 Å². The molecule has 2 fully saturated rings. The van der Waals surface area contributed by atoms with E-state index in [1.54, 1.807) is 42.5 Å². The molecule has 0 spiro atoms. The van der Waals surface area contributed by atoms with Gasteiger partial charge in [0.15, 0.2) is 0 Å². The van der Waals surface area contributed by atoms with Crippen LogP contribution in [0.5, 0.6) is 0 Å². The maximum absolute atomic E-state index is 14.5. The Labute approximate surface area is 240 Å². The Balaban J connectivity index is 1.61. The van der Waals surface area contributed by atoms with Crippen LogP contribution in [0.4, 0.5) is 20.3 Å². The second kappa shape index (κ2) is 11.3. The topological polar surface area (TPSA) is 106 Å². The Kier molecular flexibility index (Phi) is 7.74. The lowest BCUT2D eigenvalue weighted by Crippen LogP contribution is -2.56. The fourth-order valence-electron chi connectivity index (χ4n) is 5.30. The Morgan fingerprint density at radius 1 is 1.17 bits per heavy atom. The highest BCUT2D eigenvalue weighted by Crippen LogP contribution is 2.40. The number of aryl methyl sites for hydroxylation is 1. The van der Waals surface area contributed by atoms with Crippen LogP contribution in [-0.4, -0.2) is 40.7 Å². The molecule has 2 aliphatic rings. The number of alkyl halides is 2. The molecule has 1 aromatic heterocycles. The first kappa shape index (κ1) is 28.2. The molecule has 11 heteroatoms. The number of benzene rings is 2. The Morgan fingerprint density at radius 3 is 2.61 bits per heavy atom. The molecule has 2 atom stereocenters. The van der Waals surface area contributed by atoms with Crippen molar-refractivity contribution >= 4 is 40.8 Å². The van der Waals surface area contributed by atoms with Crippen molar-refractivity contribution in [2.45, 2.75) is 56.7 Å². The number of amides is 3. The van der Waals surface area contributed by atoms with E-state index in [0.717, 1.165) is 5.56 Å². The first-order chi connectivity index (χ1) is 19.6. The first-order valence-corrected chi connectivity index (χ1v) is 13.5. The summed E-state index contributed by atoms with van der Waals surface area (Å²) in [6.07, 6.45) is 0.574. The van der Waals surface area contributed by atoms with Crippen molar-refractivity contribution in [1.29, 1.82) is 5.26 Å². The molecule has 8 nitrogen and oxygen atoms in total. The molecule has 1 saturated carbocycles. The first-order valence-electron chi connectivity index (χ1n) is 13.1. The molecular formula is C30H26ClF2N5O3. The Morgan fingerprint density at radius 2 is 1.93 bits per heavy atom. The van der Waals surface area contributed by atoms with Gasteiger partial charge in [0.2, 0.25) is 11.8 Å². The number of hydrogen-bond acceptors (Lipinski definition) is 5. The minimum Gasteiger partial charge on any atom is -0.351 e. The Hall–Kier alpha value is -4.36. The van der Waals surface area contributed by atoms with Crippen LogP contribution in [0, 0.1) is 18.3 Å². The third-order valence-corrected chi connectivity index (χ3v) is 7.62. The van der Waals surface area contributed by atoms with E-state index < -0.39 is 48.7 Å². The van der Waals surface area contributed by atoms with Crippen LogP contribution in [0.3, 0.4) is 0 Å². The van der Waals surface area contributed by atoms with E-state index in [-0.39, 0.29) is 35.2 Å². The van der Waals surface area contributed by atoms with Crippen LogP contribution in [0.1, 0.15) is 48.4 Å². The molecule has 5 rings (SSSR count). The van der Waals surface area contributed by atoms with Gasteiger partial charge in [0.1, 0.15) is 17.9 Å². The number of nitrogens with zero attached hydrogens (tertiary/aromatic N) is 4. The second-order valence-electron chi connectivity index (χ2n) is 10.3. The van der Waals surface area contributed by atoms with Crippen molar-refractivity contribution in [2.75, 3.05) is 9.80 Å². The predicted molar refractivity (Wildman–Crippen MR) is 148 cm³/mol. The van der Waals surface area contributed by atoms with Crippen LogP contribution in [0.25, 0.3) is 0 Å². The highest BCUT2D eigenvalue weighted by molar-refractivity contribution is 6.31. The predicted octanol–water partition coefficient (Wildman–Crippen LogP) is 5.10. The van der Waals surface area contributed by atoms with Gasteiger partial charge in [0, 0.05) is 47.8 Å². The van der Waals surface area contributed by atoms with E-state index in [9.17, 15) is 28.4 Å². The summed E-state index contributed by atoms with van der Waals surface area (Å²) in [4.78, 5) is 48.2. The van der Waals surface area contributed by atoms with E-state index >= 15 is 0 Å². The molecule has 1 unspecified atom stereocenters. The lowest BCUT2D eigenvalue weighted by atomic mass is 9.87. The highest BCUT2D eigenvalue weighted by atomic mass is 35.5. The zero-order valence-corrected chi connectivity index (χ0v) is 22.8. The van der Waals surface area contributed by atoms with E-state index in [0.29, 0.717) is 11.3 Å². The summed E-state index contributed by atoms with van der Waals surface area (Å²) in [5, 5.41) is 12.2. The normalized spacial score (nSPS) is 18.8. The molecule has 210 valence electrons. The van der Waals surface area contributed by atoms with Crippen molar-refractivity contribution < 1.29 is 23.2 Å². The number of hydrogen-bond donors (Lipinski definition) is 1. The number of aromatic nitrogens is 1. The zero-order valence-electron chi connectivity index (χ0n) is 22.1. The van der Waals surface area contributed by atoms with Crippen molar-refractivity contribution in [3.63, 3.8) is 0 Å². The van der Waals surface area contributed by atoms with Crippen LogP contribution in [-0.2, 0) is 14.4 Å². The summed E-state index contributed by atoms with van der Waals surface area (Å²) in [5.41, 5.74) is 1.74. The molecule has 2 heterocycles. The van der Waals surface area contributed by atoms with Gasteiger partial charge in [-0.25, -0.2) is 13.8 Å². The number of pyridine rings is 1. The molecule has 1 N–H and O–H groups in total. The molecule has 0 radical (unpaired) electrons. The van der Waals surface area contributed by atoms with Gasteiger partial charge in [-0.2, -0.15) is 5.26 Å². The van der Waals surface area contributed by atoms with Crippen molar-refractivity contribution in [1.82, 2.24) is 10.3 Å². The summed E-state index contributed by atoms with van der Waals surface area (Å²) in [6.45, 7) is 1.83. The standard InChI is InChI=1S/C30H26ClF2N5O3/c1-18-5-4-6-21(13-18)37(29(41)24-9-10-26(39)38(24)25-14-19(17-34)11-12-35-25)27(22-7-2-3-8-23(22)31)28(40)36-20-15-30(32,33)16-20/h2-8,11-14,20,24,27H,9-10,15-16H2,1H3,(H,36,40)/t24-,27?/m0/s1. The van der Waals surface area contributed by atoms with Gasteiger partial charge in [0.05, 0.1) is 11.6 Å². The third-order valence-electron chi connectivity index (χ3n) is 7.28.